The van der Waals surface area contributed by atoms with Crippen molar-refractivity contribution in [3.05, 3.63) is 42.1 Å². The summed E-state index contributed by atoms with van der Waals surface area (Å²) in [7, 11) is 0. The first kappa shape index (κ1) is 13.5. The Balaban J connectivity index is 2.08. The number of benzene rings is 1. The summed E-state index contributed by atoms with van der Waals surface area (Å²) in [6.45, 7) is 4.72. The second-order valence-electron chi connectivity index (χ2n) is 6.55. The van der Waals surface area contributed by atoms with E-state index in [4.69, 9.17) is 5.84 Å². The summed E-state index contributed by atoms with van der Waals surface area (Å²) in [5, 5.41) is 1.21. The third-order valence-electron chi connectivity index (χ3n) is 4.94. The zero-order chi connectivity index (χ0) is 14.2. The highest BCUT2D eigenvalue weighted by Crippen LogP contribution is 2.49. The minimum atomic E-state index is 0.195. The van der Waals surface area contributed by atoms with E-state index in [1.807, 2.05) is 12.3 Å². The molecule has 2 unspecified atom stereocenters. The second kappa shape index (κ2) is 5.15. The second-order valence-corrected chi connectivity index (χ2v) is 6.55. The number of hydrogen-bond acceptors (Lipinski definition) is 3. The molecule has 1 heterocycles. The van der Waals surface area contributed by atoms with Crippen LogP contribution in [0.2, 0.25) is 0 Å². The van der Waals surface area contributed by atoms with Crippen molar-refractivity contribution in [1.29, 1.82) is 0 Å². The maximum absolute atomic E-state index is 5.93. The number of aromatic nitrogens is 1. The van der Waals surface area contributed by atoms with Gasteiger partial charge in [0.05, 0.1) is 5.52 Å². The van der Waals surface area contributed by atoms with E-state index in [1.54, 1.807) is 0 Å². The van der Waals surface area contributed by atoms with Crippen molar-refractivity contribution in [3.8, 4) is 0 Å². The first-order valence-corrected chi connectivity index (χ1v) is 7.43. The van der Waals surface area contributed by atoms with Crippen molar-refractivity contribution in [1.82, 2.24) is 10.4 Å². The lowest BCUT2D eigenvalue weighted by Crippen LogP contribution is -2.37. The number of pyridine rings is 1. The van der Waals surface area contributed by atoms with Gasteiger partial charge in [-0.25, -0.2) is 0 Å². The summed E-state index contributed by atoms with van der Waals surface area (Å²) in [5.74, 6) is 6.49. The molecule has 1 aliphatic carbocycles. The van der Waals surface area contributed by atoms with E-state index in [0.29, 0.717) is 11.3 Å². The smallest absolute Gasteiger partial charge is 0.0705 e. The summed E-state index contributed by atoms with van der Waals surface area (Å²) in [6.07, 6.45) is 5.65. The van der Waals surface area contributed by atoms with Gasteiger partial charge in [-0.1, -0.05) is 38.5 Å². The lowest BCUT2D eigenvalue weighted by atomic mass is 9.75. The molecule has 1 saturated carbocycles. The number of fused-ring (bicyclic) bond motifs is 1. The van der Waals surface area contributed by atoms with Gasteiger partial charge in [0.1, 0.15) is 0 Å². The monoisotopic (exact) mass is 269 g/mol. The zero-order valence-corrected chi connectivity index (χ0v) is 12.3. The predicted octanol–water partition coefficient (Wildman–Crippen LogP) is 3.57. The van der Waals surface area contributed by atoms with Crippen molar-refractivity contribution in [3.63, 3.8) is 0 Å². The van der Waals surface area contributed by atoms with Crippen LogP contribution in [0.4, 0.5) is 0 Å². The van der Waals surface area contributed by atoms with Crippen LogP contribution in [0.15, 0.2) is 36.5 Å². The molecule has 20 heavy (non-hydrogen) atoms. The van der Waals surface area contributed by atoms with Crippen molar-refractivity contribution < 1.29 is 0 Å². The summed E-state index contributed by atoms with van der Waals surface area (Å²) < 4.78 is 0. The Morgan fingerprint density at radius 2 is 2.15 bits per heavy atom. The van der Waals surface area contributed by atoms with E-state index in [9.17, 15) is 0 Å². The van der Waals surface area contributed by atoms with E-state index < -0.39 is 0 Å². The first-order chi connectivity index (χ1) is 9.63. The lowest BCUT2D eigenvalue weighted by molar-refractivity contribution is 0.199. The Labute approximate surface area is 120 Å². The molecule has 2 aromatic rings. The fraction of sp³-hybridized carbons (Fsp3) is 0.471. The lowest BCUT2D eigenvalue weighted by Gasteiger charge is -2.34. The molecule has 3 heteroatoms. The van der Waals surface area contributed by atoms with E-state index >= 15 is 0 Å². The molecular formula is C17H23N3. The summed E-state index contributed by atoms with van der Waals surface area (Å²) >= 11 is 0. The van der Waals surface area contributed by atoms with Gasteiger partial charge < -0.3 is 0 Å². The van der Waals surface area contributed by atoms with Crippen LogP contribution in [-0.2, 0) is 0 Å². The van der Waals surface area contributed by atoms with Crippen molar-refractivity contribution in [2.45, 2.75) is 39.2 Å². The Morgan fingerprint density at radius 1 is 1.30 bits per heavy atom. The van der Waals surface area contributed by atoms with E-state index in [0.717, 1.165) is 5.52 Å². The summed E-state index contributed by atoms with van der Waals surface area (Å²) in [6, 6.07) is 10.7. The van der Waals surface area contributed by atoms with Crippen molar-refractivity contribution in [2.24, 2.45) is 17.2 Å². The molecule has 0 spiro atoms. The number of hydrogen-bond donors (Lipinski definition) is 2. The van der Waals surface area contributed by atoms with Gasteiger partial charge >= 0.3 is 0 Å². The standard InChI is InChI=1S/C17H23N3/c1-17(2)10-4-8-14(17)16(20-18)13-6-3-9-15-12(13)7-5-11-19-15/h3,5-7,9,11,14,16,20H,4,8,10,18H2,1-2H3. The number of nitrogens with zero attached hydrogens (tertiary/aromatic N) is 1. The number of nitrogens with one attached hydrogen (secondary N) is 1. The third kappa shape index (κ3) is 2.21. The molecule has 0 aliphatic heterocycles. The molecule has 3 rings (SSSR count). The molecule has 1 aliphatic rings. The fourth-order valence-electron chi connectivity index (χ4n) is 3.79. The maximum Gasteiger partial charge on any atom is 0.0705 e. The van der Waals surface area contributed by atoms with Crippen molar-refractivity contribution in [2.75, 3.05) is 0 Å². The molecular weight excluding hydrogens is 246 g/mol. The number of hydrazine groups is 1. The van der Waals surface area contributed by atoms with Crippen LogP contribution in [0.5, 0.6) is 0 Å². The minimum absolute atomic E-state index is 0.195. The molecule has 3 nitrogen and oxygen atoms in total. The Hall–Kier alpha value is -1.45. The average Bonchev–Trinajstić information content (AvgIpc) is 2.80. The van der Waals surface area contributed by atoms with Crippen LogP contribution in [0.1, 0.15) is 44.7 Å². The summed E-state index contributed by atoms with van der Waals surface area (Å²) in [5.41, 5.74) is 5.73. The van der Waals surface area contributed by atoms with Gasteiger partial charge in [0.25, 0.3) is 0 Å². The molecule has 106 valence electrons. The average molecular weight is 269 g/mol. The highest BCUT2D eigenvalue weighted by atomic mass is 15.2. The van der Waals surface area contributed by atoms with Crippen LogP contribution in [0.25, 0.3) is 10.9 Å². The molecule has 1 aromatic heterocycles. The van der Waals surface area contributed by atoms with Gasteiger partial charge in [-0.05, 0) is 41.9 Å². The predicted molar refractivity (Wildman–Crippen MR) is 82.9 cm³/mol. The highest BCUT2D eigenvalue weighted by molar-refractivity contribution is 5.82. The van der Waals surface area contributed by atoms with Gasteiger partial charge in [0.2, 0.25) is 0 Å². The molecule has 0 saturated heterocycles. The molecule has 0 bridgehead atoms. The molecule has 1 fully saturated rings. The molecule has 0 radical (unpaired) electrons. The SMILES string of the molecule is CC1(C)CCCC1C(NN)c1cccc2ncccc12. The molecule has 3 N–H and O–H groups in total. The molecule has 1 aromatic carbocycles. The van der Waals surface area contributed by atoms with Gasteiger partial charge in [-0.15, -0.1) is 0 Å². The van der Waals surface area contributed by atoms with E-state index in [-0.39, 0.29) is 6.04 Å². The van der Waals surface area contributed by atoms with Crippen LogP contribution < -0.4 is 11.3 Å². The third-order valence-corrected chi connectivity index (χ3v) is 4.94. The number of nitrogens with two attached hydrogens (primary N) is 1. The van der Waals surface area contributed by atoms with Crippen LogP contribution >= 0.6 is 0 Å². The largest absolute Gasteiger partial charge is 0.271 e. The highest BCUT2D eigenvalue weighted by Gasteiger charge is 2.40. The Morgan fingerprint density at radius 3 is 2.85 bits per heavy atom. The van der Waals surface area contributed by atoms with Gasteiger partial charge in [0.15, 0.2) is 0 Å². The van der Waals surface area contributed by atoms with Crippen LogP contribution in [0, 0.1) is 11.3 Å². The maximum atomic E-state index is 5.93. The van der Waals surface area contributed by atoms with E-state index in [2.05, 4.69) is 48.5 Å². The van der Waals surface area contributed by atoms with E-state index in [1.165, 1.54) is 30.2 Å². The zero-order valence-electron chi connectivity index (χ0n) is 12.3. The molecule has 0 amide bonds. The normalized spacial score (nSPS) is 23.1. The van der Waals surface area contributed by atoms with Gasteiger partial charge in [-0.2, -0.15) is 0 Å². The first-order valence-electron chi connectivity index (χ1n) is 7.43. The minimum Gasteiger partial charge on any atom is -0.271 e. The number of rotatable bonds is 3. The van der Waals surface area contributed by atoms with Crippen LogP contribution in [0.3, 0.4) is 0 Å². The van der Waals surface area contributed by atoms with Gasteiger partial charge in [-0.3, -0.25) is 16.3 Å². The Kier molecular flexibility index (Phi) is 3.48. The fourth-order valence-corrected chi connectivity index (χ4v) is 3.79. The van der Waals surface area contributed by atoms with Gasteiger partial charge in [0, 0.05) is 17.6 Å². The topological polar surface area (TPSA) is 50.9 Å². The Bertz CT molecular complexity index is 601. The molecule has 2 atom stereocenters. The summed E-state index contributed by atoms with van der Waals surface area (Å²) in [4.78, 5) is 4.45. The quantitative estimate of drug-likeness (QED) is 0.661. The van der Waals surface area contributed by atoms with Crippen molar-refractivity contribution >= 4 is 10.9 Å². The van der Waals surface area contributed by atoms with Crippen LogP contribution in [-0.4, -0.2) is 4.98 Å².